The number of hydrogen-bond acceptors (Lipinski definition) is 3. The van der Waals surface area contributed by atoms with Crippen molar-refractivity contribution < 1.29 is 4.79 Å². The van der Waals surface area contributed by atoms with E-state index in [-0.39, 0.29) is 12.5 Å². The van der Waals surface area contributed by atoms with Gasteiger partial charge >= 0.3 is 0 Å². The topological polar surface area (TPSA) is 49.6 Å². The number of rotatable bonds is 1. The van der Waals surface area contributed by atoms with Gasteiger partial charge in [0.2, 0.25) is 5.91 Å². The molecule has 2 N–H and O–H groups in total. The number of carbonyl (C=O) groups is 1. The molecule has 0 bridgehead atoms. The molecule has 2 rings (SSSR count). The Balaban J connectivity index is 1.93. The van der Waals surface area contributed by atoms with Gasteiger partial charge in [0.1, 0.15) is 0 Å². The lowest BCUT2D eigenvalue weighted by Gasteiger charge is -2.37. The summed E-state index contributed by atoms with van der Waals surface area (Å²) in [4.78, 5) is 15.7. The molecule has 2 heterocycles. The van der Waals surface area contributed by atoms with E-state index in [1.807, 2.05) is 4.90 Å². The van der Waals surface area contributed by atoms with Crippen molar-refractivity contribution in [2.75, 3.05) is 32.7 Å². The van der Waals surface area contributed by atoms with Gasteiger partial charge in [0.25, 0.3) is 0 Å². The first-order valence-electron chi connectivity index (χ1n) is 5.03. The zero-order chi connectivity index (χ0) is 9.26. The number of nitrogens with two attached hydrogens (primary N) is 1. The highest BCUT2D eigenvalue weighted by Gasteiger charge is 2.31. The Bertz CT molecular complexity index is 207. The van der Waals surface area contributed by atoms with Gasteiger partial charge in [-0.05, 0) is 19.4 Å². The summed E-state index contributed by atoms with van der Waals surface area (Å²) in [6, 6.07) is 0.615. The van der Waals surface area contributed by atoms with Crippen LogP contribution in [-0.2, 0) is 4.79 Å². The summed E-state index contributed by atoms with van der Waals surface area (Å²) in [5.41, 5.74) is 5.34. The van der Waals surface area contributed by atoms with Crippen LogP contribution >= 0.6 is 0 Å². The number of amides is 1. The Hall–Kier alpha value is -0.610. The molecule has 0 saturated carbocycles. The van der Waals surface area contributed by atoms with Gasteiger partial charge in [-0.25, -0.2) is 0 Å². The molecule has 4 heteroatoms. The molecule has 13 heavy (non-hydrogen) atoms. The van der Waals surface area contributed by atoms with Crippen LogP contribution in [0.25, 0.3) is 0 Å². The van der Waals surface area contributed by atoms with E-state index in [4.69, 9.17) is 5.73 Å². The number of hydrogen-bond donors (Lipinski definition) is 1. The van der Waals surface area contributed by atoms with E-state index in [0.717, 1.165) is 19.6 Å². The lowest BCUT2D eigenvalue weighted by Crippen LogP contribution is -2.53. The summed E-state index contributed by atoms with van der Waals surface area (Å²) in [6.45, 7) is 4.18. The number of carbonyl (C=O) groups excluding carboxylic acids is 1. The van der Waals surface area contributed by atoms with Crippen molar-refractivity contribution in [1.82, 2.24) is 9.80 Å². The zero-order valence-electron chi connectivity index (χ0n) is 7.91. The summed E-state index contributed by atoms with van der Waals surface area (Å²) in [6.07, 6.45) is 2.53. The molecule has 0 spiro atoms. The van der Waals surface area contributed by atoms with Gasteiger partial charge in [0.15, 0.2) is 0 Å². The Morgan fingerprint density at radius 1 is 1.38 bits per heavy atom. The second kappa shape index (κ2) is 3.64. The van der Waals surface area contributed by atoms with E-state index in [1.165, 1.54) is 19.4 Å². The fourth-order valence-corrected chi connectivity index (χ4v) is 2.35. The van der Waals surface area contributed by atoms with Gasteiger partial charge in [0, 0.05) is 25.7 Å². The SMILES string of the molecule is NCC(=O)N1CCN2CCC[C@H]2C1. The molecule has 0 aromatic carbocycles. The molecule has 74 valence electrons. The first-order chi connectivity index (χ1) is 6.31. The maximum Gasteiger partial charge on any atom is 0.236 e. The van der Waals surface area contributed by atoms with Crippen molar-refractivity contribution in [1.29, 1.82) is 0 Å². The van der Waals surface area contributed by atoms with Crippen LogP contribution in [0.3, 0.4) is 0 Å². The summed E-state index contributed by atoms with van der Waals surface area (Å²) < 4.78 is 0. The third-order valence-electron chi connectivity index (χ3n) is 3.11. The molecule has 0 aromatic rings. The van der Waals surface area contributed by atoms with Crippen LogP contribution in [-0.4, -0.2) is 54.5 Å². The van der Waals surface area contributed by atoms with Crippen LogP contribution in [0.15, 0.2) is 0 Å². The number of fused-ring (bicyclic) bond motifs is 1. The minimum atomic E-state index is 0.103. The van der Waals surface area contributed by atoms with Crippen molar-refractivity contribution in [3.8, 4) is 0 Å². The molecule has 2 aliphatic rings. The Morgan fingerprint density at radius 3 is 3.00 bits per heavy atom. The third-order valence-corrected chi connectivity index (χ3v) is 3.11. The van der Waals surface area contributed by atoms with Crippen molar-refractivity contribution in [3.05, 3.63) is 0 Å². The van der Waals surface area contributed by atoms with E-state index < -0.39 is 0 Å². The molecule has 2 saturated heterocycles. The second-order valence-electron chi connectivity index (χ2n) is 3.88. The highest BCUT2D eigenvalue weighted by atomic mass is 16.2. The summed E-state index contributed by atoms with van der Waals surface area (Å²) in [5.74, 6) is 0.103. The van der Waals surface area contributed by atoms with Crippen molar-refractivity contribution in [2.45, 2.75) is 18.9 Å². The number of nitrogens with zero attached hydrogens (tertiary/aromatic N) is 2. The molecule has 1 atom stereocenters. The van der Waals surface area contributed by atoms with Gasteiger partial charge in [0.05, 0.1) is 6.54 Å². The van der Waals surface area contributed by atoms with Gasteiger partial charge in [-0.2, -0.15) is 0 Å². The first-order valence-corrected chi connectivity index (χ1v) is 5.03. The van der Waals surface area contributed by atoms with Gasteiger partial charge in [-0.3, -0.25) is 9.69 Å². The molecule has 0 aromatic heterocycles. The van der Waals surface area contributed by atoms with Crippen molar-refractivity contribution >= 4 is 5.91 Å². The molecule has 4 nitrogen and oxygen atoms in total. The van der Waals surface area contributed by atoms with Gasteiger partial charge in [-0.15, -0.1) is 0 Å². The van der Waals surface area contributed by atoms with E-state index in [1.54, 1.807) is 0 Å². The van der Waals surface area contributed by atoms with Gasteiger partial charge in [-0.1, -0.05) is 0 Å². The lowest BCUT2D eigenvalue weighted by atomic mass is 10.1. The standard InChI is InChI=1S/C9H17N3O/c10-6-9(13)12-5-4-11-3-1-2-8(11)7-12/h8H,1-7,10H2/t8-/m0/s1. The van der Waals surface area contributed by atoms with Crippen LogP contribution < -0.4 is 5.73 Å². The zero-order valence-corrected chi connectivity index (χ0v) is 7.91. The predicted octanol–water partition coefficient (Wildman–Crippen LogP) is -0.748. The van der Waals surface area contributed by atoms with Crippen molar-refractivity contribution in [3.63, 3.8) is 0 Å². The van der Waals surface area contributed by atoms with Gasteiger partial charge < -0.3 is 10.6 Å². The fourth-order valence-electron chi connectivity index (χ4n) is 2.35. The summed E-state index contributed by atoms with van der Waals surface area (Å²) in [7, 11) is 0. The average Bonchev–Trinajstić information content (AvgIpc) is 2.63. The van der Waals surface area contributed by atoms with Crippen LogP contribution in [0.4, 0.5) is 0 Å². The highest BCUT2D eigenvalue weighted by Crippen LogP contribution is 2.21. The molecular formula is C9H17N3O. The Labute approximate surface area is 78.7 Å². The van der Waals surface area contributed by atoms with E-state index in [9.17, 15) is 4.79 Å². The highest BCUT2D eigenvalue weighted by molar-refractivity contribution is 5.78. The predicted molar refractivity (Wildman–Crippen MR) is 50.2 cm³/mol. The smallest absolute Gasteiger partial charge is 0.236 e. The summed E-state index contributed by atoms with van der Waals surface area (Å²) >= 11 is 0. The van der Waals surface area contributed by atoms with E-state index in [0.29, 0.717) is 6.04 Å². The first kappa shape index (κ1) is 8.97. The minimum absolute atomic E-state index is 0.103. The molecule has 0 radical (unpaired) electrons. The Kier molecular flexibility index (Phi) is 2.51. The van der Waals surface area contributed by atoms with E-state index in [2.05, 4.69) is 4.90 Å². The quantitative estimate of drug-likeness (QED) is 0.582. The molecule has 1 amide bonds. The van der Waals surface area contributed by atoms with Crippen LogP contribution in [0.1, 0.15) is 12.8 Å². The largest absolute Gasteiger partial charge is 0.339 e. The van der Waals surface area contributed by atoms with Crippen LogP contribution in [0.2, 0.25) is 0 Å². The number of piperazine rings is 1. The summed E-state index contributed by atoms with van der Waals surface area (Å²) in [5, 5.41) is 0. The Morgan fingerprint density at radius 2 is 2.23 bits per heavy atom. The monoisotopic (exact) mass is 183 g/mol. The van der Waals surface area contributed by atoms with Crippen LogP contribution in [0, 0.1) is 0 Å². The fraction of sp³-hybridized carbons (Fsp3) is 0.889. The molecule has 2 fully saturated rings. The maximum atomic E-state index is 11.3. The third kappa shape index (κ3) is 1.69. The molecule has 0 aliphatic carbocycles. The molecule has 2 aliphatic heterocycles. The van der Waals surface area contributed by atoms with Crippen LogP contribution in [0.5, 0.6) is 0 Å². The van der Waals surface area contributed by atoms with E-state index >= 15 is 0 Å². The average molecular weight is 183 g/mol. The molecule has 0 unspecified atom stereocenters. The maximum absolute atomic E-state index is 11.3. The normalized spacial score (nSPS) is 29.0. The second-order valence-corrected chi connectivity index (χ2v) is 3.88. The van der Waals surface area contributed by atoms with Crippen molar-refractivity contribution in [2.24, 2.45) is 5.73 Å². The molecular weight excluding hydrogens is 166 g/mol. The lowest BCUT2D eigenvalue weighted by molar-refractivity contribution is -0.132. The minimum Gasteiger partial charge on any atom is -0.339 e.